The van der Waals surface area contributed by atoms with Crippen LogP contribution in [-0.2, 0) is 14.8 Å². The first-order valence-corrected chi connectivity index (χ1v) is 17.6. The Labute approximate surface area is 252 Å². The highest BCUT2D eigenvalue weighted by molar-refractivity contribution is 7.90. The zero-order valence-electron chi connectivity index (χ0n) is 24.2. The lowest BCUT2D eigenvalue weighted by Crippen LogP contribution is -2.44. The van der Waals surface area contributed by atoms with E-state index in [1.54, 1.807) is 41.8 Å². The lowest BCUT2D eigenvalue weighted by Gasteiger charge is -2.38. The number of ether oxygens (including phenoxy) is 1. The summed E-state index contributed by atoms with van der Waals surface area (Å²) in [5.41, 5.74) is 3.65. The van der Waals surface area contributed by atoms with Gasteiger partial charge in [-0.05, 0) is 88.3 Å². The highest BCUT2D eigenvalue weighted by Crippen LogP contribution is 2.40. The van der Waals surface area contributed by atoms with Gasteiger partial charge in [0.25, 0.3) is 10.0 Å². The van der Waals surface area contributed by atoms with Crippen LogP contribution in [0.3, 0.4) is 0 Å². The van der Waals surface area contributed by atoms with Crippen molar-refractivity contribution >= 4 is 32.4 Å². The predicted octanol–water partition coefficient (Wildman–Crippen LogP) is 5.56. The van der Waals surface area contributed by atoms with Crippen LogP contribution < -0.4 is 0 Å². The number of hydrogen-bond acceptors (Lipinski definition) is 8. The molecule has 3 fully saturated rings. The molecule has 0 amide bonds. The number of likely N-dealkylation sites (tertiary alicyclic amines) is 1. The van der Waals surface area contributed by atoms with Crippen LogP contribution in [0, 0.1) is 0 Å². The number of rotatable bonds is 6. The van der Waals surface area contributed by atoms with Crippen LogP contribution >= 0.6 is 11.3 Å². The molecule has 0 spiro atoms. The minimum atomic E-state index is -3.82. The standard InChI is InChI=1S/C32H39N5O3S2/c1-35-13-11-24(12-14-35)30-22-41-32(34-30)29-21-37(42(38,39)27-5-3-2-4-6-27)31-28(29)19-25(20-33-31)23-7-9-26(10-8-23)36-15-17-40-18-16-36/h2-6,19-24,26H,7-18H2,1H3/t23-,26+. The number of aromatic nitrogens is 3. The first kappa shape index (κ1) is 28.2. The Morgan fingerprint density at radius 1 is 0.929 bits per heavy atom. The van der Waals surface area contributed by atoms with Crippen molar-refractivity contribution in [2.75, 3.05) is 46.4 Å². The summed E-state index contributed by atoms with van der Waals surface area (Å²) in [6, 6.07) is 11.5. The van der Waals surface area contributed by atoms with Gasteiger partial charge in [-0.2, -0.15) is 0 Å². The normalized spacial score (nSPS) is 23.5. The molecule has 0 N–H and O–H groups in total. The Hall–Kier alpha value is -2.63. The number of piperidine rings is 1. The van der Waals surface area contributed by atoms with E-state index in [1.165, 1.54) is 22.4 Å². The van der Waals surface area contributed by atoms with E-state index in [9.17, 15) is 8.42 Å². The van der Waals surface area contributed by atoms with E-state index >= 15 is 0 Å². The summed E-state index contributed by atoms with van der Waals surface area (Å²) in [5, 5.41) is 3.90. The minimum Gasteiger partial charge on any atom is -0.379 e. The molecule has 1 aromatic carbocycles. The highest BCUT2D eigenvalue weighted by Gasteiger charge is 2.30. The van der Waals surface area contributed by atoms with Gasteiger partial charge >= 0.3 is 0 Å². The Kier molecular flexibility index (Phi) is 7.92. The summed E-state index contributed by atoms with van der Waals surface area (Å²) in [6.45, 7) is 5.89. The third-order valence-electron chi connectivity index (χ3n) is 9.55. The Morgan fingerprint density at radius 2 is 1.67 bits per heavy atom. The zero-order valence-corrected chi connectivity index (χ0v) is 25.8. The molecule has 3 aliphatic rings. The molecular formula is C32H39N5O3S2. The molecule has 5 heterocycles. The summed E-state index contributed by atoms with van der Waals surface area (Å²) >= 11 is 1.61. The van der Waals surface area contributed by atoms with Gasteiger partial charge in [-0.1, -0.05) is 18.2 Å². The molecule has 222 valence electrons. The van der Waals surface area contributed by atoms with Gasteiger partial charge in [0.05, 0.1) is 23.8 Å². The fourth-order valence-corrected chi connectivity index (χ4v) is 9.27. The van der Waals surface area contributed by atoms with Crippen molar-refractivity contribution in [3.63, 3.8) is 0 Å². The first-order chi connectivity index (χ1) is 20.5. The second-order valence-electron chi connectivity index (χ2n) is 12.1. The summed E-state index contributed by atoms with van der Waals surface area (Å²) in [6.07, 6.45) is 10.4. The maximum Gasteiger partial charge on any atom is 0.269 e. The molecule has 7 rings (SSSR count). The molecule has 42 heavy (non-hydrogen) atoms. The highest BCUT2D eigenvalue weighted by atomic mass is 32.2. The summed E-state index contributed by atoms with van der Waals surface area (Å²) < 4.78 is 34.6. The summed E-state index contributed by atoms with van der Waals surface area (Å²) in [4.78, 5) is 15.2. The van der Waals surface area contributed by atoms with Gasteiger partial charge in [0, 0.05) is 53.8 Å². The average Bonchev–Trinajstić information content (AvgIpc) is 3.68. The van der Waals surface area contributed by atoms with E-state index in [0.717, 1.165) is 86.7 Å². The van der Waals surface area contributed by atoms with Crippen LogP contribution in [0.15, 0.2) is 59.1 Å². The largest absolute Gasteiger partial charge is 0.379 e. The topological polar surface area (TPSA) is 80.6 Å². The molecule has 2 aliphatic heterocycles. The quantitative estimate of drug-likeness (QED) is 0.285. The van der Waals surface area contributed by atoms with Crippen molar-refractivity contribution in [1.82, 2.24) is 23.7 Å². The van der Waals surface area contributed by atoms with Gasteiger partial charge in [-0.3, -0.25) is 4.90 Å². The number of thiazole rings is 1. The van der Waals surface area contributed by atoms with E-state index in [1.807, 2.05) is 12.3 Å². The van der Waals surface area contributed by atoms with Crippen molar-refractivity contribution in [1.29, 1.82) is 0 Å². The van der Waals surface area contributed by atoms with Crippen LogP contribution in [0.1, 0.15) is 61.6 Å². The number of fused-ring (bicyclic) bond motifs is 1. The van der Waals surface area contributed by atoms with Crippen molar-refractivity contribution in [2.24, 2.45) is 0 Å². The molecule has 1 saturated carbocycles. The zero-order chi connectivity index (χ0) is 28.7. The van der Waals surface area contributed by atoms with Gasteiger partial charge in [-0.15, -0.1) is 11.3 Å². The molecular weight excluding hydrogens is 567 g/mol. The van der Waals surface area contributed by atoms with Crippen molar-refractivity contribution < 1.29 is 13.2 Å². The van der Waals surface area contributed by atoms with Gasteiger partial charge in [0.1, 0.15) is 5.01 Å². The van der Waals surface area contributed by atoms with Crippen molar-refractivity contribution in [2.45, 2.75) is 61.3 Å². The van der Waals surface area contributed by atoms with Crippen LogP contribution in [0.25, 0.3) is 21.6 Å². The number of morpholine rings is 1. The van der Waals surface area contributed by atoms with Gasteiger partial charge in [0.2, 0.25) is 0 Å². The predicted molar refractivity (Wildman–Crippen MR) is 167 cm³/mol. The molecule has 2 saturated heterocycles. The number of benzene rings is 1. The molecule has 4 aromatic rings. The third-order valence-corrected chi connectivity index (χ3v) is 12.1. The SMILES string of the molecule is CN1CCC(c2csc(-c3cn(S(=O)(=O)c4ccccc4)c4ncc([C@H]5CC[C@@H](N6CCOCC6)CC5)cc34)n2)CC1. The summed E-state index contributed by atoms with van der Waals surface area (Å²) in [5.74, 6) is 0.871. The van der Waals surface area contributed by atoms with E-state index < -0.39 is 10.0 Å². The van der Waals surface area contributed by atoms with Crippen molar-refractivity contribution in [3.8, 4) is 10.6 Å². The van der Waals surface area contributed by atoms with Crippen LogP contribution in [0.2, 0.25) is 0 Å². The monoisotopic (exact) mass is 605 g/mol. The van der Waals surface area contributed by atoms with Crippen LogP contribution in [0.4, 0.5) is 0 Å². The van der Waals surface area contributed by atoms with Gasteiger partial charge in [-0.25, -0.2) is 22.4 Å². The maximum absolute atomic E-state index is 13.8. The maximum atomic E-state index is 13.8. The molecule has 0 unspecified atom stereocenters. The number of hydrogen-bond donors (Lipinski definition) is 0. The fourth-order valence-electron chi connectivity index (χ4n) is 7.00. The van der Waals surface area contributed by atoms with Crippen molar-refractivity contribution in [3.05, 3.63) is 65.4 Å². The average molecular weight is 606 g/mol. The lowest BCUT2D eigenvalue weighted by molar-refractivity contribution is 0.00729. The van der Waals surface area contributed by atoms with E-state index in [4.69, 9.17) is 14.7 Å². The van der Waals surface area contributed by atoms with Gasteiger partial charge in [0.15, 0.2) is 5.65 Å². The second-order valence-corrected chi connectivity index (χ2v) is 14.8. The van der Waals surface area contributed by atoms with E-state index in [-0.39, 0.29) is 4.90 Å². The van der Waals surface area contributed by atoms with Crippen LogP contribution in [-0.4, -0.2) is 84.6 Å². The summed E-state index contributed by atoms with van der Waals surface area (Å²) in [7, 11) is -1.65. The molecule has 1 aliphatic carbocycles. The van der Waals surface area contributed by atoms with E-state index in [0.29, 0.717) is 23.5 Å². The fraction of sp³-hybridized carbons (Fsp3) is 0.500. The molecule has 0 radical (unpaired) electrons. The lowest BCUT2D eigenvalue weighted by atomic mass is 9.81. The second kappa shape index (κ2) is 11.8. The number of nitrogens with zero attached hydrogens (tertiary/aromatic N) is 5. The number of pyridine rings is 1. The third kappa shape index (κ3) is 5.43. The minimum absolute atomic E-state index is 0.256. The molecule has 10 heteroatoms. The molecule has 0 bridgehead atoms. The van der Waals surface area contributed by atoms with Crippen LogP contribution in [0.5, 0.6) is 0 Å². The molecule has 3 aromatic heterocycles. The van der Waals surface area contributed by atoms with E-state index in [2.05, 4.69) is 28.3 Å². The molecule has 0 atom stereocenters. The Bertz CT molecular complexity index is 1630. The Morgan fingerprint density at radius 3 is 2.40 bits per heavy atom. The smallest absolute Gasteiger partial charge is 0.269 e. The first-order valence-electron chi connectivity index (χ1n) is 15.2. The Balaban J connectivity index is 1.24. The van der Waals surface area contributed by atoms with Gasteiger partial charge < -0.3 is 9.64 Å². The molecule has 8 nitrogen and oxygen atoms in total.